The van der Waals surface area contributed by atoms with E-state index in [9.17, 15) is 9.90 Å². The van der Waals surface area contributed by atoms with Crippen LogP contribution in [0.5, 0.6) is 5.75 Å². The van der Waals surface area contributed by atoms with Gasteiger partial charge in [-0.1, -0.05) is 17.5 Å². The number of likely N-dealkylation sites (tertiary alicyclic amines) is 1. The molecule has 0 radical (unpaired) electrons. The Morgan fingerprint density at radius 3 is 2.86 bits per heavy atom. The SMILES string of the molecule is COc1ccc2ncc(Cl)c([C@H](F)CCC3(CC(=O)O)CCN(CC#Cc4cscn4)CC3)c2c1. The van der Waals surface area contributed by atoms with E-state index in [0.29, 0.717) is 48.0 Å². The first-order chi connectivity index (χ1) is 16.9. The van der Waals surface area contributed by atoms with Crippen LogP contribution in [0.15, 0.2) is 35.3 Å². The van der Waals surface area contributed by atoms with Gasteiger partial charge < -0.3 is 9.84 Å². The van der Waals surface area contributed by atoms with E-state index in [2.05, 4.69) is 26.7 Å². The van der Waals surface area contributed by atoms with Gasteiger partial charge in [-0.2, -0.15) is 0 Å². The highest BCUT2D eigenvalue weighted by Gasteiger charge is 2.37. The number of methoxy groups -OCH3 is 1. The molecule has 4 rings (SSSR count). The molecule has 0 bridgehead atoms. The number of benzene rings is 1. The fourth-order valence-corrected chi connectivity index (χ4v) is 5.48. The van der Waals surface area contributed by atoms with E-state index in [-0.39, 0.29) is 17.9 Å². The summed E-state index contributed by atoms with van der Waals surface area (Å²) in [5, 5.41) is 12.4. The van der Waals surface area contributed by atoms with Gasteiger partial charge in [0.2, 0.25) is 0 Å². The quantitative estimate of drug-likeness (QED) is 0.385. The predicted molar refractivity (Wildman–Crippen MR) is 136 cm³/mol. The van der Waals surface area contributed by atoms with Crippen molar-refractivity contribution in [3.63, 3.8) is 0 Å². The Morgan fingerprint density at radius 2 is 2.17 bits per heavy atom. The standard InChI is InChI=1S/C26H27ClFN3O3S/c1-34-19-4-5-23-20(13-19)25(21(27)15-29-23)22(28)6-7-26(14-24(32)33)8-11-31(12-9-26)10-2-3-18-16-35-17-30-18/h4-5,13,15-17,22H,6-12,14H2,1H3,(H,32,33)/t22-/m1/s1. The Kier molecular flexibility index (Phi) is 8.22. The zero-order valence-electron chi connectivity index (χ0n) is 19.5. The lowest BCUT2D eigenvalue weighted by molar-refractivity contribution is -0.141. The van der Waals surface area contributed by atoms with Crippen LogP contribution in [0.1, 0.15) is 49.5 Å². The Morgan fingerprint density at radius 1 is 1.37 bits per heavy atom. The Balaban J connectivity index is 1.44. The van der Waals surface area contributed by atoms with Crippen LogP contribution in [0, 0.1) is 17.3 Å². The molecule has 184 valence electrons. The van der Waals surface area contributed by atoms with Crippen LogP contribution in [0.4, 0.5) is 4.39 Å². The van der Waals surface area contributed by atoms with E-state index in [0.717, 1.165) is 18.8 Å². The highest BCUT2D eigenvalue weighted by atomic mass is 35.5. The van der Waals surface area contributed by atoms with Crippen molar-refractivity contribution < 1.29 is 19.0 Å². The molecule has 1 aliphatic heterocycles. The highest BCUT2D eigenvalue weighted by molar-refractivity contribution is 7.07. The molecule has 0 unspecified atom stereocenters. The van der Waals surface area contributed by atoms with Gasteiger partial charge in [-0.3, -0.25) is 14.7 Å². The number of pyridine rings is 1. The van der Waals surface area contributed by atoms with Crippen LogP contribution in [-0.2, 0) is 4.79 Å². The maximum Gasteiger partial charge on any atom is 0.303 e. The molecular formula is C26H27ClFN3O3S. The largest absolute Gasteiger partial charge is 0.497 e. The van der Waals surface area contributed by atoms with Crippen molar-refractivity contribution in [2.24, 2.45) is 5.41 Å². The molecule has 9 heteroatoms. The van der Waals surface area contributed by atoms with Gasteiger partial charge in [0.25, 0.3) is 0 Å². The van der Waals surface area contributed by atoms with E-state index < -0.39 is 17.6 Å². The predicted octanol–water partition coefficient (Wildman–Crippen LogP) is 5.75. The van der Waals surface area contributed by atoms with Crippen molar-refractivity contribution in [1.82, 2.24) is 14.9 Å². The van der Waals surface area contributed by atoms with Crippen LogP contribution >= 0.6 is 22.9 Å². The highest BCUT2D eigenvalue weighted by Crippen LogP contribution is 2.44. The van der Waals surface area contributed by atoms with E-state index in [1.54, 1.807) is 30.8 Å². The van der Waals surface area contributed by atoms with Crippen molar-refractivity contribution in [2.45, 2.75) is 38.3 Å². The van der Waals surface area contributed by atoms with Crippen LogP contribution < -0.4 is 4.74 Å². The molecule has 1 fully saturated rings. The monoisotopic (exact) mass is 515 g/mol. The van der Waals surface area contributed by atoms with E-state index >= 15 is 4.39 Å². The van der Waals surface area contributed by atoms with Crippen molar-refractivity contribution >= 4 is 39.8 Å². The summed E-state index contributed by atoms with van der Waals surface area (Å²) in [6.45, 7) is 2.06. The second-order valence-electron chi connectivity index (χ2n) is 8.93. The molecule has 1 atom stereocenters. The molecule has 1 saturated heterocycles. The number of fused-ring (bicyclic) bond motifs is 1. The summed E-state index contributed by atoms with van der Waals surface area (Å²) in [7, 11) is 1.55. The number of alkyl halides is 1. The molecule has 1 N–H and O–H groups in total. The summed E-state index contributed by atoms with van der Waals surface area (Å²) in [5.41, 5.74) is 3.08. The minimum absolute atomic E-state index is 0.0245. The molecule has 3 aromatic rings. The number of hydrogen-bond donors (Lipinski definition) is 1. The third kappa shape index (κ3) is 6.29. The van der Waals surface area contributed by atoms with Gasteiger partial charge in [0.15, 0.2) is 0 Å². The van der Waals surface area contributed by atoms with Crippen molar-refractivity contribution in [1.29, 1.82) is 0 Å². The van der Waals surface area contributed by atoms with E-state index in [1.807, 2.05) is 5.38 Å². The van der Waals surface area contributed by atoms with Crippen LogP contribution in [0.2, 0.25) is 5.02 Å². The number of carboxylic acids is 1. The molecule has 0 amide bonds. The first kappa shape index (κ1) is 25.4. The third-order valence-electron chi connectivity index (χ3n) is 6.70. The fourth-order valence-electron chi connectivity index (χ4n) is 4.73. The van der Waals surface area contributed by atoms with Crippen LogP contribution in [0.25, 0.3) is 10.9 Å². The molecule has 0 saturated carbocycles. The summed E-state index contributed by atoms with van der Waals surface area (Å²) < 4.78 is 21.0. The van der Waals surface area contributed by atoms with Gasteiger partial charge in [0.1, 0.15) is 17.6 Å². The normalized spacial score (nSPS) is 16.4. The fraction of sp³-hybridized carbons (Fsp3) is 0.423. The lowest BCUT2D eigenvalue weighted by Gasteiger charge is -2.41. The molecule has 1 aromatic carbocycles. The van der Waals surface area contributed by atoms with Crippen molar-refractivity contribution in [3.05, 3.63) is 51.6 Å². The second kappa shape index (κ2) is 11.3. The number of halogens is 2. The van der Waals surface area contributed by atoms with Gasteiger partial charge in [0.05, 0.1) is 36.1 Å². The number of hydrogen-bond acceptors (Lipinski definition) is 6. The Bertz CT molecular complexity index is 1230. The molecule has 3 heterocycles. The molecular weight excluding hydrogens is 489 g/mol. The minimum atomic E-state index is -1.34. The van der Waals surface area contributed by atoms with Gasteiger partial charge >= 0.3 is 5.97 Å². The van der Waals surface area contributed by atoms with E-state index in [1.165, 1.54) is 17.5 Å². The number of thiazole rings is 1. The summed E-state index contributed by atoms with van der Waals surface area (Å²) in [4.78, 5) is 22.4. The van der Waals surface area contributed by atoms with Crippen molar-refractivity contribution in [3.8, 4) is 17.6 Å². The summed E-state index contributed by atoms with van der Waals surface area (Å²) in [6.07, 6.45) is 2.17. The van der Waals surface area contributed by atoms with Gasteiger partial charge in [-0.05, 0) is 68.3 Å². The Hall–Kier alpha value is -2.73. The number of aliphatic carboxylic acids is 1. The lowest BCUT2D eigenvalue weighted by Crippen LogP contribution is -2.41. The Labute approximate surface area is 213 Å². The zero-order chi connectivity index (χ0) is 24.8. The summed E-state index contributed by atoms with van der Waals surface area (Å²) >= 11 is 7.89. The smallest absolute Gasteiger partial charge is 0.303 e. The lowest BCUT2D eigenvalue weighted by atomic mass is 9.71. The second-order valence-corrected chi connectivity index (χ2v) is 10.1. The van der Waals surface area contributed by atoms with Crippen molar-refractivity contribution in [2.75, 3.05) is 26.7 Å². The average Bonchev–Trinajstić information content (AvgIpc) is 3.36. The topological polar surface area (TPSA) is 75.6 Å². The summed E-state index contributed by atoms with van der Waals surface area (Å²) in [6, 6.07) is 5.30. The first-order valence-corrected chi connectivity index (χ1v) is 12.8. The summed E-state index contributed by atoms with van der Waals surface area (Å²) in [5.74, 6) is 5.94. The van der Waals surface area contributed by atoms with Crippen LogP contribution in [0.3, 0.4) is 0 Å². The zero-order valence-corrected chi connectivity index (χ0v) is 21.0. The maximum absolute atomic E-state index is 15.7. The number of piperidine rings is 1. The molecule has 1 aliphatic rings. The number of carboxylic acid groups (broad SMARTS) is 1. The number of nitrogens with zero attached hydrogens (tertiary/aromatic N) is 3. The van der Waals surface area contributed by atoms with Gasteiger partial charge in [-0.25, -0.2) is 9.37 Å². The van der Waals surface area contributed by atoms with Gasteiger partial charge in [0, 0.05) is 22.5 Å². The third-order valence-corrected chi connectivity index (χ3v) is 7.59. The molecule has 0 spiro atoms. The molecule has 0 aliphatic carbocycles. The number of aromatic nitrogens is 2. The van der Waals surface area contributed by atoms with Crippen LogP contribution in [-0.4, -0.2) is 52.7 Å². The molecule has 2 aromatic heterocycles. The minimum Gasteiger partial charge on any atom is -0.497 e. The first-order valence-electron chi connectivity index (χ1n) is 11.5. The number of rotatable bonds is 8. The molecule has 6 nitrogen and oxygen atoms in total. The van der Waals surface area contributed by atoms with Gasteiger partial charge in [-0.15, -0.1) is 11.3 Å². The number of ether oxygens (including phenoxy) is 1. The van der Waals surface area contributed by atoms with E-state index in [4.69, 9.17) is 16.3 Å². The number of carbonyl (C=O) groups is 1. The average molecular weight is 516 g/mol. The molecule has 35 heavy (non-hydrogen) atoms. The maximum atomic E-state index is 15.7.